The maximum absolute atomic E-state index is 12.2. The van der Waals surface area contributed by atoms with Crippen molar-refractivity contribution < 1.29 is 4.79 Å². The van der Waals surface area contributed by atoms with Gasteiger partial charge < -0.3 is 11.1 Å². The lowest BCUT2D eigenvalue weighted by atomic mass is 9.91. The molecule has 3 N–H and O–H groups in total. The van der Waals surface area contributed by atoms with Crippen molar-refractivity contribution in [2.24, 2.45) is 5.73 Å². The summed E-state index contributed by atoms with van der Waals surface area (Å²) < 4.78 is 1.05. The number of benzene rings is 1. The van der Waals surface area contributed by atoms with Gasteiger partial charge in [0.05, 0.1) is 15.7 Å². The monoisotopic (exact) mass is 347 g/mol. The maximum atomic E-state index is 12.2. The summed E-state index contributed by atoms with van der Waals surface area (Å²) >= 11 is 1.56. The molecule has 0 bridgehead atoms. The molecule has 0 saturated heterocycles. The first-order chi connectivity index (χ1) is 9.22. The fraction of sp³-hybridized carbons (Fsp3) is 0.429. The van der Waals surface area contributed by atoms with Crippen molar-refractivity contribution >= 4 is 52.3 Å². The molecule has 1 saturated carbocycles. The molecule has 1 aliphatic carbocycles. The van der Waals surface area contributed by atoms with Crippen LogP contribution in [0.5, 0.6) is 0 Å². The molecule has 21 heavy (non-hydrogen) atoms. The fourth-order valence-electron chi connectivity index (χ4n) is 2.53. The van der Waals surface area contributed by atoms with Crippen molar-refractivity contribution in [1.29, 1.82) is 0 Å². The van der Waals surface area contributed by atoms with Gasteiger partial charge in [0, 0.05) is 17.6 Å². The van der Waals surface area contributed by atoms with E-state index in [0.717, 1.165) is 35.9 Å². The molecule has 0 spiro atoms. The second-order valence-corrected chi connectivity index (χ2v) is 6.01. The normalized spacial score (nSPS) is 21.2. The Morgan fingerprint density at radius 3 is 2.67 bits per heavy atom. The lowest BCUT2D eigenvalue weighted by Gasteiger charge is -2.26. The lowest BCUT2D eigenvalue weighted by molar-refractivity contribution is 0.0926. The Morgan fingerprint density at radius 2 is 1.95 bits per heavy atom. The van der Waals surface area contributed by atoms with Gasteiger partial charge in [-0.2, -0.15) is 0 Å². The van der Waals surface area contributed by atoms with Crippen LogP contribution in [0.4, 0.5) is 0 Å². The van der Waals surface area contributed by atoms with Crippen molar-refractivity contribution in [3.8, 4) is 0 Å². The summed E-state index contributed by atoms with van der Waals surface area (Å²) in [5, 5.41) is 3.10. The third-order valence-electron chi connectivity index (χ3n) is 3.70. The Morgan fingerprint density at radius 1 is 1.24 bits per heavy atom. The van der Waals surface area contributed by atoms with E-state index in [0.29, 0.717) is 11.6 Å². The summed E-state index contributed by atoms with van der Waals surface area (Å²) in [6, 6.07) is 6.23. The molecule has 7 heteroatoms. The van der Waals surface area contributed by atoms with E-state index in [4.69, 9.17) is 5.73 Å². The van der Waals surface area contributed by atoms with Crippen molar-refractivity contribution in [2.45, 2.75) is 37.8 Å². The molecule has 0 radical (unpaired) electrons. The largest absolute Gasteiger partial charge is 0.349 e. The first-order valence-corrected chi connectivity index (χ1v) is 7.50. The molecule has 4 nitrogen and oxygen atoms in total. The third-order valence-corrected chi connectivity index (χ3v) is 4.49. The number of halogens is 2. The van der Waals surface area contributed by atoms with Gasteiger partial charge in [-0.15, -0.1) is 36.2 Å². The van der Waals surface area contributed by atoms with Crippen LogP contribution in [0.25, 0.3) is 10.2 Å². The quantitative estimate of drug-likeness (QED) is 0.876. The Hall–Kier alpha value is -0.880. The highest BCUT2D eigenvalue weighted by atomic mass is 35.5. The van der Waals surface area contributed by atoms with E-state index < -0.39 is 0 Å². The fourth-order valence-corrected chi connectivity index (χ4v) is 3.24. The second-order valence-electron chi connectivity index (χ2n) is 5.12. The highest BCUT2D eigenvalue weighted by molar-refractivity contribution is 7.16. The van der Waals surface area contributed by atoms with Gasteiger partial charge >= 0.3 is 0 Å². The molecule has 0 atom stereocenters. The number of thiazole rings is 1. The first kappa shape index (κ1) is 18.2. The third kappa shape index (κ3) is 4.30. The number of hydrogen-bond acceptors (Lipinski definition) is 4. The number of carbonyl (C=O) groups excluding carboxylic acids is 1. The minimum atomic E-state index is 0. The Bertz CT molecular complexity index is 597. The van der Waals surface area contributed by atoms with Crippen LogP contribution in [0.15, 0.2) is 23.7 Å². The number of nitrogens with two attached hydrogens (primary N) is 1. The predicted molar refractivity (Wildman–Crippen MR) is 91.8 cm³/mol. The van der Waals surface area contributed by atoms with E-state index in [2.05, 4.69) is 10.3 Å². The second kappa shape index (κ2) is 7.94. The van der Waals surface area contributed by atoms with Crippen LogP contribution in [0.2, 0.25) is 0 Å². The van der Waals surface area contributed by atoms with E-state index in [1.54, 1.807) is 16.8 Å². The minimum Gasteiger partial charge on any atom is -0.349 e. The average molecular weight is 348 g/mol. The summed E-state index contributed by atoms with van der Waals surface area (Å²) in [5.74, 6) is 0.00997. The summed E-state index contributed by atoms with van der Waals surface area (Å²) in [6.45, 7) is 0. The van der Waals surface area contributed by atoms with Gasteiger partial charge in [0.15, 0.2) is 0 Å². The summed E-state index contributed by atoms with van der Waals surface area (Å²) in [5.41, 5.74) is 9.34. The lowest BCUT2D eigenvalue weighted by Crippen LogP contribution is -2.40. The predicted octanol–water partition coefficient (Wildman–Crippen LogP) is 3.14. The average Bonchev–Trinajstić information content (AvgIpc) is 2.88. The van der Waals surface area contributed by atoms with Crippen LogP contribution in [0, 0.1) is 0 Å². The van der Waals surface area contributed by atoms with Crippen LogP contribution in [0.3, 0.4) is 0 Å². The molecular formula is C14H19Cl2N3OS. The zero-order chi connectivity index (χ0) is 13.2. The summed E-state index contributed by atoms with van der Waals surface area (Å²) in [6.07, 6.45) is 3.96. The number of nitrogens with zero attached hydrogens (tertiary/aromatic N) is 1. The molecule has 1 amide bonds. The molecule has 3 rings (SSSR count). The molecular weight excluding hydrogens is 329 g/mol. The zero-order valence-corrected chi connectivity index (χ0v) is 13.9. The van der Waals surface area contributed by atoms with E-state index in [1.165, 1.54) is 0 Å². The Balaban J connectivity index is 0.00000110. The molecule has 0 unspecified atom stereocenters. The SMILES string of the molecule is Cl.Cl.NC1CCC(NC(=O)c2ccc3ncsc3c2)CC1. The zero-order valence-electron chi connectivity index (χ0n) is 11.5. The van der Waals surface area contributed by atoms with E-state index in [9.17, 15) is 4.79 Å². The molecule has 1 aromatic carbocycles. The molecule has 1 heterocycles. The highest BCUT2D eigenvalue weighted by Gasteiger charge is 2.20. The molecule has 1 aliphatic rings. The van der Waals surface area contributed by atoms with E-state index in [1.807, 2.05) is 18.2 Å². The van der Waals surface area contributed by atoms with Crippen molar-refractivity contribution in [3.63, 3.8) is 0 Å². The molecule has 0 aliphatic heterocycles. The molecule has 2 aromatic rings. The van der Waals surface area contributed by atoms with Crippen molar-refractivity contribution in [1.82, 2.24) is 10.3 Å². The van der Waals surface area contributed by atoms with Crippen molar-refractivity contribution in [2.75, 3.05) is 0 Å². The standard InChI is InChI=1S/C14H17N3OS.2ClH/c15-10-2-4-11(5-3-10)17-14(18)9-1-6-12-13(7-9)19-8-16-12;;/h1,6-8,10-11H,2-5,15H2,(H,17,18);2*1H. The van der Waals surface area contributed by atoms with Crippen LogP contribution >= 0.6 is 36.2 Å². The van der Waals surface area contributed by atoms with Gasteiger partial charge in [-0.3, -0.25) is 4.79 Å². The van der Waals surface area contributed by atoms with Crippen LogP contribution in [-0.2, 0) is 0 Å². The molecule has 1 fully saturated rings. The smallest absolute Gasteiger partial charge is 0.251 e. The molecule has 116 valence electrons. The summed E-state index contributed by atoms with van der Waals surface area (Å²) in [7, 11) is 0. The maximum Gasteiger partial charge on any atom is 0.251 e. The van der Waals surface area contributed by atoms with Crippen LogP contribution in [-0.4, -0.2) is 23.0 Å². The minimum absolute atomic E-state index is 0. The molecule has 1 aromatic heterocycles. The number of carbonyl (C=O) groups is 1. The van der Waals surface area contributed by atoms with Crippen LogP contribution in [0.1, 0.15) is 36.0 Å². The van der Waals surface area contributed by atoms with E-state index >= 15 is 0 Å². The van der Waals surface area contributed by atoms with Gasteiger partial charge in [0.1, 0.15) is 0 Å². The topological polar surface area (TPSA) is 68.0 Å². The van der Waals surface area contributed by atoms with E-state index in [-0.39, 0.29) is 36.8 Å². The number of amides is 1. The van der Waals surface area contributed by atoms with Crippen LogP contribution < -0.4 is 11.1 Å². The number of aromatic nitrogens is 1. The van der Waals surface area contributed by atoms with Gasteiger partial charge in [0.25, 0.3) is 5.91 Å². The first-order valence-electron chi connectivity index (χ1n) is 6.62. The van der Waals surface area contributed by atoms with Gasteiger partial charge in [-0.25, -0.2) is 4.98 Å². The summed E-state index contributed by atoms with van der Waals surface area (Å²) in [4.78, 5) is 16.4. The Kier molecular flexibility index (Phi) is 6.87. The number of rotatable bonds is 2. The highest BCUT2D eigenvalue weighted by Crippen LogP contribution is 2.20. The van der Waals surface area contributed by atoms with Gasteiger partial charge in [-0.1, -0.05) is 0 Å². The Labute approximate surface area is 140 Å². The van der Waals surface area contributed by atoms with Crippen molar-refractivity contribution in [3.05, 3.63) is 29.3 Å². The number of hydrogen-bond donors (Lipinski definition) is 2. The van der Waals surface area contributed by atoms with Gasteiger partial charge in [0.2, 0.25) is 0 Å². The number of fused-ring (bicyclic) bond motifs is 1. The van der Waals surface area contributed by atoms with Gasteiger partial charge in [-0.05, 0) is 43.9 Å². The number of nitrogens with one attached hydrogen (secondary N) is 1.